The highest BCUT2D eigenvalue weighted by molar-refractivity contribution is 6.30. The fourth-order valence-electron chi connectivity index (χ4n) is 3.24. The van der Waals surface area contributed by atoms with Crippen LogP contribution in [0.5, 0.6) is 5.75 Å². The predicted molar refractivity (Wildman–Crippen MR) is 106 cm³/mol. The van der Waals surface area contributed by atoms with Gasteiger partial charge in [-0.15, -0.1) is 0 Å². The first-order valence-electron chi connectivity index (χ1n) is 8.90. The summed E-state index contributed by atoms with van der Waals surface area (Å²) in [6, 6.07) is 13.6. The minimum Gasteiger partial charge on any atom is -0.497 e. The molecule has 0 spiro atoms. The van der Waals surface area contributed by atoms with E-state index in [4.69, 9.17) is 20.8 Å². The zero-order valence-corrected chi connectivity index (χ0v) is 16.6. The number of aromatic nitrogens is 1. The molecule has 7 nitrogen and oxygen atoms in total. The van der Waals surface area contributed by atoms with Crippen LogP contribution in [0, 0.1) is 0 Å². The Bertz CT molecular complexity index is 1080. The molecule has 1 saturated heterocycles. The summed E-state index contributed by atoms with van der Waals surface area (Å²) in [7, 11) is 1.59. The maximum Gasteiger partial charge on any atom is 0.325 e. The number of amides is 3. The van der Waals surface area contributed by atoms with Crippen LogP contribution in [0.2, 0.25) is 5.02 Å². The third kappa shape index (κ3) is 3.45. The van der Waals surface area contributed by atoms with Crippen molar-refractivity contribution in [1.29, 1.82) is 0 Å². The molecule has 8 heteroatoms. The number of carbonyl (C=O) groups is 2. The summed E-state index contributed by atoms with van der Waals surface area (Å²) in [4.78, 5) is 31.0. The highest BCUT2D eigenvalue weighted by atomic mass is 35.5. The molecule has 0 radical (unpaired) electrons. The quantitative estimate of drug-likeness (QED) is 0.642. The van der Waals surface area contributed by atoms with Gasteiger partial charge in [-0.3, -0.25) is 9.69 Å². The van der Waals surface area contributed by atoms with E-state index in [-0.39, 0.29) is 12.5 Å². The molecule has 2 heterocycles. The lowest BCUT2D eigenvalue weighted by Crippen LogP contribution is -2.40. The van der Waals surface area contributed by atoms with Crippen LogP contribution in [-0.2, 0) is 16.9 Å². The predicted octanol–water partition coefficient (Wildman–Crippen LogP) is 3.97. The van der Waals surface area contributed by atoms with Crippen LogP contribution in [0.4, 0.5) is 4.79 Å². The molecule has 1 aliphatic rings. The summed E-state index contributed by atoms with van der Waals surface area (Å²) in [5.74, 6) is 0.742. The van der Waals surface area contributed by atoms with Crippen molar-refractivity contribution in [3.8, 4) is 17.2 Å². The van der Waals surface area contributed by atoms with Gasteiger partial charge in [0.05, 0.1) is 19.3 Å². The molecule has 1 fully saturated rings. The third-order valence-corrected chi connectivity index (χ3v) is 5.12. The van der Waals surface area contributed by atoms with E-state index in [9.17, 15) is 9.59 Å². The van der Waals surface area contributed by atoms with Crippen molar-refractivity contribution in [1.82, 2.24) is 15.2 Å². The molecule has 0 aliphatic carbocycles. The van der Waals surface area contributed by atoms with Gasteiger partial charge >= 0.3 is 6.03 Å². The maximum atomic E-state index is 13.0. The van der Waals surface area contributed by atoms with Gasteiger partial charge in [0, 0.05) is 10.6 Å². The standard InChI is InChI=1S/C21H18ClN3O4/c1-21(14-4-3-5-15(22)10-14)19(26)25(20(27)24-21)11-16-12-29-18(23-16)13-6-8-17(28-2)9-7-13/h3-10,12H,11H2,1-2H3,(H,24,27)/t21-/m1/s1. The molecular weight excluding hydrogens is 394 g/mol. The lowest BCUT2D eigenvalue weighted by Gasteiger charge is -2.22. The highest BCUT2D eigenvalue weighted by Gasteiger charge is 2.49. The Kier molecular flexibility index (Phi) is 4.76. The van der Waals surface area contributed by atoms with E-state index in [1.54, 1.807) is 50.4 Å². The number of ether oxygens (including phenoxy) is 1. The molecule has 29 heavy (non-hydrogen) atoms. The van der Waals surface area contributed by atoms with Gasteiger partial charge in [-0.05, 0) is 48.9 Å². The second kappa shape index (κ2) is 7.25. The van der Waals surface area contributed by atoms with Crippen LogP contribution in [0.3, 0.4) is 0 Å². The molecule has 1 N–H and O–H groups in total. The van der Waals surface area contributed by atoms with Gasteiger partial charge < -0.3 is 14.5 Å². The number of imide groups is 1. The normalized spacial score (nSPS) is 18.8. The van der Waals surface area contributed by atoms with Crippen molar-refractivity contribution in [2.45, 2.75) is 19.0 Å². The van der Waals surface area contributed by atoms with Crippen LogP contribution >= 0.6 is 11.6 Å². The smallest absolute Gasteiger partial charge is 0.325 e. The molecular formula is C21H18ClN3O4. The number of hydrogen-bond donors (Lipinski definition) is 1. The Morgan fingerprint density at radius 3 is 2.66 bits per heavy atom. The Morgan fingerprint density at radius 2 is 1.97 bits per heavy atom. The summed E-state index contributed by atoms with van der Waals surface area (Å²) >= 11 is 6.05. The first kappa shape index (κ1) is 19.0. The van der Waals surface area contributed by atoms with Gasteiger partial charge in [0.1, 0.15) is 17.6 Å². The average Bonchev–Trinajstić information content (AvgIpc) is 3.27. The summed E-state index contributed by atoms with van der Waals surface area (Å²) in [6.45, 7) is 1.66. The van der Waals surface area contributed by atoms with Crippen LogP contribution in [0.15, 0.2) is 59.2 Å². The van der Waals surface area contributed by atoms with Crippen molar-refractivity contribution in [2.75, 3.05) is 7.11 Å². The number of rotatable bonds is 5. The lowest BCUT2D eigenvalue weighted by molar-refractivity contribution is -0.131. The molecule has 0 unspecified atom stereocenters. The van der Waals surface area contributed by atoms with Gasteiger partial charge in [0.2, 0.25) is 5.89 Å². The molecule has 148 valence electrons. The summed E-state index contributed by atoms with van der Waals surface area (Å²) in [5.41, 5.74) is 0.655. The zero-order chi connectivity index (χ0) is 20.6. The minimum atomic E-state index is -1.19. The van der Waals surface area contributed by atoms with Crippen molar-refractivity contribution in [2.24, 2.45) is 0 Å². The number of halogens is 1. The number of methoxy groups -OCH3 is 1. The summed E-state index contributed by atoms with van der Waals surface area (Å²) < 4.78 is 10.7. The van der Waals surface area contributed by atoms with E-state index < -0.39 is 11.6 Å². The van der Waals surface area contributed by atoms with Gasteiger partial charge in [0.15, 0.2) is 0 Å². The fourth-order valence-corrected chi connectivity index (χ4v) is 3.43. The highest BCUT2D eigenvalue weighted by Crippen LogP contribution is 2.31. The van der Waals surface area contributed by atoms with Crippen LogP contribution in [0.25, 0.3) is 11.5 Å². The van der Waals surface area contributed by atoms with E-state index >= 15 is 0 Å². The summed E-state index contributed by atoms with van der Waals surface area (Å²) in [5, 5.41) is 3.24. The first-order chi connectivity index (χ1) is 13.9. The van der Waals surface area contributed by atoms with Gasteiger partial charge in [0.25, 0.3) is 5.91 Å². The van der Waals surface area contributed by atoms with Crippen molar-refractivity contribution in [3.05, 3.63) is 71.1 Å². The number of nitrogens with one attached hydrogen (secondary N) is 1. The molecule has 3 amide bonds. The van der Waals surface area contributed by atoms with Gasteiger partial charge in [-0.1, -0.05) is 23.7 Å². The second-order valence-electron chi connectivity index (χ2n) is 6.83. The number of hydrogen-bond acceptors (Lipinski definition) is 5. The number of nitrogens with zero attached hydrogens (tertiary/aromatic N) is 2. The Balaban J connectivity index is 1.55. The van der Waals surface area contributed by atoms with E-state index in [1.165, 1.54) is 6.26 Å². The van der Waals surface area contributed by atoms with Gasteiger partial charge in [-0.2, -0.15) is 0 Å². The topological polar surface area (TPSA) is 84.7 Å². The summed E-state index contributed by atoms with van der Waals surface area (Å²) in [6.07, 6.45) is 1.44. The number of urea groups is 1. The van der Waals surface area contributed by atoms with E-state index in [0.717, 1.165) is 16.2 Å². The molecule has 3 aromatic rings. The van der Waals surface area contributed by atoms with Gasteiger partial charge in [-0.25, -0.2) is 9.78 Å². The van der Waals surface area contributed by atoms with E-state index in [2.05, 4.69) is 10.3 Å². The Morgan fingerprint density at radius 1 is 1.21 bits per heavy atom. The van der Waals surface area contributed by atoms with Crippen molar-refractivity contribution < 1.29 is 18.7 Å². The largest absolute Gasteiger partial charge is 0.497 e. The third-order valence-electron chi connectivity index (χ3n) is 4.89. The van der Waals surface area contributed by atoms with E-state index in [1.807, 2.05) is 12.1 Å². The molecule has 1 atom stereocenters. The minimum absolute atomic E-state index is 0.000473. The zero-order valence-electron chi connectivity index (χ0n) is 15.8. The monoisotopic (exact) mass is 411 g/mol. The van der Waals surface area contributed by atoms with E-state index in [0.29, 0.717) is 22.2 Å². The SMILES string of the molecule is COc1ccc(-c2nc(CN3C(=O)N[C@](C)(c4cccc(Cl)c4)C3=O)co2)cc1. The number of carbonyl (C=O) groups excluding carboxylic acids is 2. The molecule has 2 aromatic carbocycles. The second-order valence-corrected chi connectivity index (χ2v) is 7.27. The maximum absolute atomic E-state index is 13.0. The van der Waals surface area contributed by atoms with Crippen LogP contribution in [-0.4, -0.2) is 28.9 Å². The molecule has 1 aliphatic heterocycles. The lowest BCUT2D eigenvalue weighted by atomic mass is 9.92. The molecule has 1 aromatic heterocycles. The van der Waals surface area contributed by atoms with Crippen molar-refractivity contribution in [3.63, 3.8) is 0 Å². The molecule has 0 saturated carbocycles. The molecule has 4 rings (SSSR count). The van der Waals surface area contributed by atoms with Crippen molar-refractivity contribution >= 4 is 23.5 Å². The van der Waals surface area contributed by atoms with Crippen LogP contribution in [0.1, 0.15) is 18.2 Å². The molecule has 0 bridgehead atoms. The number of benzene rings is 2. The first-order valence-corrected chi connectivity index (χ1v) is 9.27. The Labute approximate surface area is 172 Å². The Hall–Kier alpha value is -3.32. The number of oxazole rings is 1. The fraction of sp³-hybridized carbons (Fsp3) is 0.190. The van der Waals surface area contributed by atoms with Crippen LogP contribution < -0.4 is 10.1 Å². The average molecular weight is 412 g/mol.